The molecule has 114 valence electrons. The molecule has 0 bridgehead atoms. The monoisotopic (exact) mass is 283 g/mol. The second-order valence-corrected chi connectivity index (χ2v) is 5.06. The van der Waals surface area contributed by atoms with E-state index >= 15 is 0 Å². The molecule has 0 aromatic rings. The number of allylic oxidation sites excluding steroid dienone is 1. The van der Waals surface area contributed by atoms with E-state index in [0.717, 1.165) is 38.5 Å². The Balaban J connectivity index is 2.80. The summed E-state index contributed by atoms with van der Waals surface area (Å²) < 4.78 is 10.1. The van der Waals surface area contributed by atoms with E-state index in [0.29, 0.717) is 12.3 Å². The van der Waals surface area contributed by atoms with Crippen molar-refractivity contribution in [3.8, 4) is 0 Å². The molecule has 20 heavy (non-hydrogen) atoms. The first kappa shape index (κ1) is 16.5. The average molecular weight is 283 g/mol. The number of methoxy groups -OCH3 is 1. The van der Waals surface area contributed by atoms with Gasteiger partial charge >= 0.3 is 12.1 Å². The lowest BCUT2D eigenvalue weighted by Gasteiger charge is -2.33. The van der Waals surface area contributed by atoms with Gasteiger partial charge in [0.05, 0.1) is 13.2 Å². The molecule has 0 spiro atoms. The fourth-order valence-corrected chi connectivity index (χ4v) is 2.39. The van der Waals surface area contributed by atoms with Crippen LogP contribution in [0.3, 0.4) is 0 Å². The standard InChI is InChI=1S/C15H25NO4/c1-4-5-9-14(20-12(2)17)11-13-8-6-7-10-16(13)15(18)19-3/h11,13H,4-10H2,1-3H3/b14-11+. The molecule has 1 aliphatic heterocycles. The molecule has 0 aromatic heterocycles. The number of piperidine rings is 1. The summed E-state index contributed by atoms with van der Waals surface area (Å²) in [4.78, 5) is 24.6. The summed E-state index contributed by atoms with van der Waals surface area (Å²) in [5, 5.41) is 0. The van der Waals surface area contributed by atoms with Crippen LogP contribution in [0.15, 0.2) is 11.8 Å². The van der Waals surface area contributed by atoms with Crippen LogP contribution >= 0.6 is 0 Å². The third-order valence-corrected chi connectivity index (χ3v) is 3.39. The van der Waals surface area contributed by atoms with E-state index < -0.39 is 0 Å². The molecular weight excluding hydrogens is 258 g/mol. The van der Waals surface area contributed by atoms with Gasteiger partial charge in [0.1, 0.15) is 5.76 Å². The fourth-order valence-electron chi connectivity index (χ4n) is 2.39. The predicted molar refractivity (Wildman–Crippen MR) is 76.1 cm³/mol. The van der Waals surface area contributed by atoms with E-state index in [1.807, 2.05) is 6.08 Å². The first-order chi connectivity index (χ1) is 9.58. The second kappa shape index (κ2) is 8.61. The van der Waals surface area contributed by atoms with Crippen molar-refractivity contribution in [2.75, 3.05) is 13.7 Å². The molecule has 0 saturated carbocycles. The number of hydrogen-bond donors (Lipinski definition) is 0. The molecule has 1 aliphatic rings. The number of amides is 1. The highest BCUT2D eigenvalue weighted by Gasteiger charge is 2.26. The zero-order valence-electron chi connectivity index (χ0n) is 12.7. The predicted octanol–water partition coefficient (Wildman–Crippen LogP) is 3.24. The Morgan fingerprint density at radius 1 is 1.35 bits per heavy atom. The molecule has 1 atom stereocenters. The summed E-state index contributed by atoms with van der Waals surface area (Å²) in [6, 6.07) is -0.0394. The van der Waals surface area contributed by atoms with Crippen molar-refractivity contribution in [2.24, 2.45) is 0 Å². The molecular formula is C15H25NO4. The van der Waals surface area contributed by atoms with Gasteiger partial charge in [-0.1, -0.05) is 13.3 Å². The minimum absolute atomic E-state index is 0.0394. The van der Waals surface area contributed by atoms with Crippen LogP contribution < -0.4 is 0 Å². The summed E-state index contributed by atoms with van der Waals surface area (Å²) in [6.45, 7) is 4.18. The van der Waals surface area contributed by atoms with Crippen molar-refractivity contribution >= 4 is 12.1 Å². The molecule has 0 radical (unpaired) electrons. The van der Waals surface area contributed by atoms with Crippen molar-refractivity contribution in [3.05, 3.63) is 11.8 Å². The number of unbranched alkanes of at least 4 members (excludes halogenated alkanes) is 1. The molecule has 1 fully saturated rings. The molecule has 0 aliphatic carbocycles. The van der Waals surface area contributed by atoms with E-state index in [9.17, 15) is 9.59 Å². The number of nitrogens with zero attached hydrogens (tertiary/aromatic N) is 1. The third-order valence-electron chi connectivity index (χ3n) is 3.39. The Labute approximate surface area is 120 Å². The second-order valence-electron chi connectivity index (χ2n) is 5.06. The lowest BCUT2D eigenvalue weighted by molar-refractivity contribution is -0.137. The van der Waals surface area contributed by atoms with Gasteiger partial charge in [0.2, 0.25) is 0 Å². The van der Waals surface area contributed by atoms with Crippen LogP contribution in [0.2, 0.25) is 0 Å². The number of carbonyl (C=O) groups excluding carboxylic acids is 2. The van der Waals surface area contributed by atoms with Gasteiger partial charge in [-0.05, 0) is 31.8 Å². The maximum atomic E-state index is 11.8. The van der Waals surface area contributed by atoms with Crippen LogP contribution in [-0.2, 0) is 14.3 Å². The molecule has 5 heteroatoms. The van der Waals surface area contributed by atoms with Gasteiger partial charge in [-0.25, -0.2) is 4.79 Å². The van der Waals surface area contributed by atoms with Crippen molar-refractivity contribution in [1.82, 2.24) is 4.90 Å². The molecule has 0 aromatic carbocycles. The van der Waals surface area contributed by atoms with Crippen molar-refractivity contribution < 1.29 is 19.1 Å². The summed E-state index contributed by atoms with van der Waals surface area (Å²) in [7, 11) is 1.39. The van der Waals surface area contributed by atoms with Crippen LogP contribution in [0, 0.1) is 0 Å². The quantitative estimate of drug-likeness (QED) is 0.574. The lowest BCUT2D eigenvalue weighted by atomic mass is 10.0. The summed E-state index contributed by atoms with van der Waals surface area (Å²) >= 11 is 0. The molecule has 1 amide bonds. The molecule has 1 saturated heterocycles. The zero-order valence-corrected chi connectivity index (χ0v) is 12.7. The van der Waals surface area contributed by atoms with E-state index in [2.05, 4.69) is 6.92 Å². The van der Waals surface area contributed by atoms with Crippen LogP contribution in [-0.4, -0.2) is 36.7 Å². The van der Waals surface area contributed by atoms with Gasteiger partial charge < -0.3 is 14.4 Å². The summed E-state index contributed by atoms with van der Waals surface area (Å²) in [5.74, 6) is 0.355. The largest absolute Gasteiger partial charge is 0.453 e. The number of rotatable bonds is 5. The number of likely N-dealkylation sites (tertiary alicyclic amines) is 1. The van der Waals surface area contributed by atoms with Gasteiger partial charge in [-0.15, -0.1) is 0 Å². The number of carbonyl (C=O) groups is 2. The van der Waals surface area contributed by atoms with Crippen LogP contribution in [0.4, 0.5) is 4.79 Å². The van der Waals surface area contributed by atoms with E-state index in [1.165, 1.54) is 14.0 Å². The van der Waals surface area contributed by atoms with E-state index in [4.69, 9.17) is 9.47 Å². The summed E-state index contributed by atoms with van der Waals surface area (Å²) in [5.41, 5.74) is 0. The molecule has 1 heterocycles. The van der Waals surface area contributed by atoms with Crippen molar-refractivity contribution in [2.45, 2.75) is 58.4 Å². The Bertz CT molecular complexity index is 365. The van der Waals surface area contributed by atoms with Crippen LogP contribution in [0.5, 0.6) is 0 Å². The summed E-state index contributed by atoms with van der Waals surface area (Å²) in [6.07, 6.45) is 7.24. The van der Waals surface area contributed by atoms with Crippen molar-refractivity contribution in [1.29, 1.82) is 0 Å². The van der Waals surface area contributed by atoms with Crippen molar-refractivity contribution in [3.63, 3.8) is 0 Å². The topological polar surface area (TPSA) is 55.8 Å². The number of ether oxygens (including phenoxy) is 2. The maximum absolute atomic E-state index is 11.8. The normalized spacial score (nSPS) is 19.6. The van der Waals surface area contributed by atoms with Gasteiger partial charge in [0.15, 0.2) is 0 Å². The van der Waals surface area contributed by atoms with E-state index in [1.54, 1.807) is 4.90 Å². The van der Waals surface area contributed by atoms with Gasteiger partial charge in [0.25, 0.3) is 0 Å². The lowest BCUT2D eigenvalue weighted by Crippen LogP contribution is -2.42. The first-order valence-corrected chi connectivity index (χ1v) is 7.32. The Morgan fingerprint density at radius 3 is 2.70 bits per heavy atom. The van der Waals surface area contributed by atoms with Gasteiger partial charge in [-0.2, -0.15) is 0 Å². The number of esters is 1. The van der Waals surface area contributed by atoms with Crippen LogP contribution in [0.25, 0.3) is 0 Å². The van der Waals surface area contributed by atoms with Gasteiger partial charge in [-0.3, -0.25) is 4.79 Å². The maximum Gasteiger partial charge on any atom is 0.409 e. The highest BCUT2D eigenvalue weighted by molar-refractivity contribution is 5.69. The minimum atomic E-state index is -0.316. The molecule has 0 N–H and O–H groups in total. The third kappa shape index (κ3) is 5.23. The molecule has 5 nitrogen and oxygen atoms in total. The highest BCUT2D eigenvalue weighted by atomic mass is 16.5. The molecule has 1 rings (SSSR count). The minimum Gasteiger partial charge on any atom is -0.453 e. The first-order valence-electron chi connectivity index (χ1n) is 7.32. The van der Waals surface area contributed by atoms with E-state index in [-0.39, 0.29) is 18.1 Å². The Kier molecular flexibility index (Phi) is 7.12. The van der Waals surface area contributed by atoms with Gasteiger partial charge in [0, 0.05) is 19.9 Å². The Morgan fingerprint density at radius 2 is 2.10 bits per heavy atom. The number of hydrogen-bond acceptors (Lipinski definition) is 4. The average Bonchev–Trinajstić information content (AvgIpc) is 2.44. The smallest absolute Gasteiger partial charge is 0.409 e. The highest BCUT2D eigenvalue weighted by Crippen LogP contribution is 2.22. The molecule has 1 unspecified atom stereocenters. The Hall–Kier alpha value is -1.52. The SMILES string of the molecule is CCCC/C(=C\C1CCCCN1C(=O)OC)OC(C)=O. The van der Waals surface area contributed by atoms with Crippen LogP contribution in [0.1, 0.15) is 52.4 Å². The fraction of sp³-hybridized carbons (Fsp3) is 0.733. The zero-order chi connectivity index (χ0) is 15.0.